The highest BCUT2D eigenvalue weighted by molar-refractivity contribution is 7.15. The fourth-order valence-electron chi connectivity index (χ4n) is 4.55. The standard InChI is InChI=1S/C27H31N5O2S/c1-17-7-9-30(10-8-17)23-12-22(27(33)29-13-21-6-5-19(3)32(34)15-21)16-31-24(14-28-26(23)31)25-11-18(2)20(4)35-25/h5-6,11-12,14-17H,7-10,13H2,1-4H3,(H-,29,33,34)/p+1. The number of rotatable bonds is 5. The molecule has 1 fully saturated rings. The predicted octanol–water partition coefficient (Wildman–Crippen LogP) is 4.68. The first kappa shape index (κ1) is 23.4. The number of fused-ring (bicyclic) bond motifs is 1. The van der Waals surface area contributed by atoms with Crippen LogP contribution in [0, 0.1) is 26.7 Å². The number of pyridine rings is 2. The Bertz CT molecular complexity index is 1380. The van der Waals surface area contributed by atoms with Gasteiger partial charge in [-0.3, -0.25) is 14.4 Å². The largest absolute Gasteiger partial charge is 0.368 e. The number of thiophene rings is 1. The molecule has 182 valence electrons. The Hall–Kier alpha value is -3.39. The van der Waals surface area contributed by atoms with Crippen molar-refractivity contribution in [2.75, 3.05) is 18.0 Å². The second-order valence-corrected chi connectivity index (χ2v) is 10.9. The Kier molecular flexibility index (Phi) is 6.23. The van der Waals surface area contributed by atoms with Crippen molar-refractivity contribution in [2.45, 2.75) is 47.1 Å². The summed E-state index contributed by atoms with van der Waals surface area (Å²) in [5, 5.41) is 12.9. The number of carbonyl (C=O) groups is 1. The van der Waals surface area contributed by atoms with Gasteiger partial charge in [-0.05, 0) is 56.4 Å². The molecule has 5 rings (SSSR count). The van der Waals surface area contributed by atoms with E-state index in [0.29, 0.717) is 18.0 Å². The maximum atomic E-state index is 13.3. The summed E-state index contributed by atoms with van der Waals surface area (Å²) in [6, 6.07) is 7.90. The molecule has 4 aromatic rings. The zero-order valence-electron chi connectivity index (χ0n) is 20.7. The number of piperidine rings is 1. The van der Waals surface area contributed by atoms with Crippen LogP contribution in [0.1, 0.15) is 51.8 Å². The zero-order chi connectivity index (χ0) is 24.7. The zero-order valence-corrected chi connectivity index (χ0v) is 21.5. The van der Waals surface area contributed by atoms with Gasteiger partial charge in [0.15, 0.2) is 5.65 Å². The minimum atomic E-state index is -0.151. The highest BCUT2D eigenvalue weighted by Crippen LogP contribution is 2.34. The first-order chi connectivity index (χ1) is 16.8. The predicted molar refractivity (Wildman–Crippen MR) is 138 cm³/mol. The van der Waals surface area contributed by atoms with Crippen molar-refractivity contribution in [3.8, 4) is 10.6 Å². The van der Waals surface area contributed by atoms with Gasteiger partial charge >= 0.3 is 0 Å². The van der Waals surface area contributed by atoms with Crippen molar-refractivity contribution in [3.63, 3.8) is 0 Å². The number of nitrogens with zero attached hydrogens (tertiary/aromatic N) is 4. The van der Waals surface area contributed by atoms with Gasteiger partial charge in [-0.1, -0.05) is 6.92 Å². The number of amides is 1. The van der Waals surface area contributed by atoms with Crippen molar-refractivity contribution < 1.29 is 14.7 Å². The third-order valence-electron chi connectivity index (χ3n) is 7.03. The summed E-state index contributed by atoms with van der Waals surface area (Å²) in [6.45, 7) is 10.6. The molecule has 5 heterocycles. The number of aromatic nitrogens is 3. The maximum Gasteiger partial charge on any atom is 0.253 e. The summed E-state index contributed by atoms with van der Waals surface area (Å²) < 4.78 is 3.15. The van der Waals surface area contributed by atoms with Crippen LogP contribution in [0.25, 0.3) is 16.2 Å². The SMILES string of the molecule is Cc1cc(-c2cnc3c(N4CCC(C)CC4)cc(C(=O)NCc4ccc(C)[n+](O)c4)cn23)sc1C. The first-order valence-corrected chi connectivity index (χ1v) is 12.9. The van der Waals surface area contributed by atoms with Crippen molar-refractivity contribution in [1.82, 2.24) is 14.7 Å². The molecular formula is C27H32N5O2S+. The molecule has 7 nitrogen and oxygen atoms in total. The van der Waals surface area contributed by atoms with Gasteiger partial charge in [-0.25, -0.2) is 4.98 Å². The molecule has 0 unspecified atom stereocenters. The molecule has 0 saturated carbocycles. The van der Waals surface area contributed by atoms with E-state index in [1.165, 1.54) is 10.4 Å². The fraction of sp³-hybridized carbons (Fsp3) is 0.370. The van der Waals surface area contributed by atoms with Gasteiger partial charge in [-0.2, -0.15) is 0 Å². The number of anilines is 1. The Balaban J connectivity index is 1.52. The molecule has 0 aromatic carbocycles. The summed E-state index contributed by atoms with van der Waals surface area (Å²) in [5.41, 5.74) is 6.31. The topological polar surface area (TPSA) is 73.8 Å². The van der Waals surface area contributed by atoms with Gasteiger partial charge in [0.1, 0.15) is 0 Å². The lowest BCUT2D eigenvalue weighted by atomic mass is 9.99. The van der Waals surface area contributed by atoms with Crippen LogP contribution < -0.4 is 14.9 Å². The van der Waals surface area contributed by atoms with Crippen LogP contribution in [0.15, 0.2) is 42.9 Å². The molecule has 8 heteroatoms. The van der Waals surface area contributed by atoms with Crippen molar-refractivity contribution >= 4 is 28.6 Å². The second kappa shape index (κ2) is 9.34. The molecule has 1 aliphatic heterocycles. The highest BCUT2D eigenvalue weighted by atomic mass is 32.1. The molecule has 1 aliphatic rings. The van der Waals surface area contributed by atoms with E-state index in [0.717, 1.165) is 63.8 Å². The average Bonchev–Trinajstić information content (AvgIpc) is 3.42. The molecule has 0 aliphatic carbocycles. The normalized spacial score (nSPS) is 14.6. The minimum absolute atomic E-state index is 0.151. The summed E-state index contributed by atoms with van der Waals surface area (Å²) in [4.78, 5) is 22.9. The number of nitrogens with one attached hydrogen (secondary N) is 1. The van der Waals surface area contributed by atoms with Gasteiger partial charge in [0.2, 0.25) is 11.9 Å². The van der Waals surface area contributed by atoms with Crippen LogP contribution in [-0.4, -0.2) is 33.6 Å². The fourth-order valence-corrected chi connectivity index (χ4v) is 5.59. The number of carbonyl (C=O) groups excluding carboxylic acids is 1. The monoisotopic (exact) mass is 490 g/mol. The minimum Gasteiger partial charge on any atom is -0.368 e. The summed E-state index contributed by atoms with van der Waals surface area (Å²) >= 11 is 1.75. The van der Waals surface area contributed by atoms with Crippen LogP contribution in [0.5, 0.6) is 0 Å². The van der Waals surface area contributed by atoms with E-state index in [1.807, 2.05) is 37.5 Å². The van der Waals surface area contributed by atoms with E-state index >= 15 is 0 Å². The second-order valence-electron chi connectivity index (χ2n) is 9.68. The Labute approximate surface area is 209 Å². The Morgan fingerprint density at radius 1 is 1.23 bits per heavy atom. The maximum absolute atomic E-state index is 13.3. The van der Waals surface area contributed by atoms with E-state index in [-0.39, 0.29) is 5.91 Å². The molecule has 1 amide bonds. The van der Waals surface area contributed by atoms with Crippen molar-refractivity contribution in [3.05, 3.63) is 70.1 Å². The van der Waals surface area contributed by atoms with Gasteiger partial charge < -0.3 is 10.2 Å². The molecule has 0 radical (unpaired) electrons. The van der Waals surface area contributed by atoms with Crippen LogP contribution in [0.3, 0.4) is 0 Å². The van der Waals surface area contributed by atoms with Crippen molar-refractivity contribution in [1.29, 1.82) is 0 Å². The van der Waals surface area contributed by atoms with E-state index in [4.69, 9.17) is 4.98 Å². The molecule has 2 N–H and O–H groups in total. The number of hydrogen-bond acceptors (Lipinski definition) is 5. The summed E-state index contributed by atoms with van der Waals surface area (Å²) in [5.74, 6) is 0.562. The Morgan fingerprint density at radius 3 is 2.69 bits per heavy atom. The first-order valence-electron chi connectivity index (χ1n) is 12.1. The number of aryl methyl sites for hydroxylation is 3. The third kappa shape index (κ3) is 4.62. The van der Waals surface area contributed by atoms with Crippen LogP contribution in [-0.2, 0) is 6.54 Å². The molecule has 1 saturated heterocycles. The van der Waals surface area contributed by atoms with Crippen LogP contribution >= 0.6 is 11.3 Å². The molecular weight excluding hydrogens is 458 g/mol. The van der Waals surface area contributed by atoms with E-state index in [1.54, 1.807) is 17.5 Å². The lowest BCUT2D eigenvalue weighted by molar-refractivity contribution is -0.909. The third-order valence-corrected chi connectivity index (χ3v) is 8.21. The summed E-state index contributed by atoms with van der Waals surface area (Å²) in [6.07, 6.45) is 7.70. The molecule has 0 spiro atoms. The van der Waals surface area contributed by atoms with E-state index < -0.39 is 0 Å². The van der Waals surface area contributed by atoms with Crippen LogP contribution in [0.4, 0.5) is 5.69 Å². The quantitative estimate of drug-likeness (QED) is 0.315. The Morgan fingerprint density at radius 2 is 2.00 bits per heavy atom. The molecule has 0 atom stereocenters. The van der Waals surface area contributed by atoms with Crippen molar-refractivity contribution in [2.24, 2.45) is 5.92 Å². The van der Waals surface area contributed by atoms with Crippen LogP contribution in [0.2, 0.25) is 0 Å². The molecule has 0 bridgehead atoms. The van der Waals surface area contributed by atoms with E-state index in [9.17, 15) is 10.0 Å². The lowest BCUT2D eigenvalue weighted by Gasteiger charge is -2.32. The number of imidazole rings is 1. The van der Waals surface area contributed by atoms with E-state index in [2.05, 4.69) is 41.5 Å². The van der Waals surface area contributed by atoms with Gasteiger partial charge in [0, 0.05) is 54.0 Å². The lowest BCUT2D eigenvalue weighted by Crippen LogP contribution is -2.35. The van der Waals surface area contributed by atoms with Gasteiger partial charge in [0.05, 0.1) is 28.0 Å². The van der Waals surface area contributed by atoms with Gasteiger partial charge in [0.25, 0.3) is 5.91 Å². The number of hydrogen-bond donors (Lipinski definition) is 2. The average molecular weight is 491 g/mol. The molecule has 35 heavy (non-hydrogen) atoms. The van der Waals surface area contributed by atoms with Gasteiger partial charge in [-0.15, -0.1) is 11.3 Å². The summed E-state index contributed by atoms with van der Waals surface area (Å²) in [7, 11) is 0. The highest BCUT2D eigenvalue weighted by Gasteiger charge is 2.23. The smallest absolute Gasteiger partial charge is 0.253 e. The molecule has 4 aromatic heterocycles.